The summed E-state index contributed by atoms with van der Waals surface area (Å²) in [6.45, 7) is 4.35. The van der Waals surface area contributed by atoms with Crippen LogP contribution in [0.1, 0.15) is 33.1 Å². The first-order valence-corrected chi connectivity index (χ1v) is 10.3. The van der Waals surface area contributed by atoms with Gasteiger partial charge in [0.15, 0.2) is 0 Å². The Balaban J connectivity index is 1.77. The van der Waals surface area contributed by atoms with Crippen LogP contribution in [0.3, 0.4) is 0 Å². The number of para-hydroxylation sites is 1. The van der Waals surface area contributed by atoms with Gasteiger partial charge < -0.3 is 5.32 Å². The van der Waals surface area contributed by atoms with E-state index in [1.165, 1.54) is 29.8 Å². The van der Waals surface area contributed by atoms with Crippen molar-refractivity contribution in [2.75, 3.05) is 16.2 Å². The van der Waals surface area contributed by atoms with Gasteiger partial charge in [0.25, 0.3) is 10.0 Å². The summed E-state index contributed by atoms with van der Waals surface area (Å²) in [5.41, 5.74) is 0.658. The Labute approximate surface area is 150 Å². The number of pyridine rings is 1. The van der Waals surface area contributed by atoms with Crippen molar-refractivity contribution in [1.29, 1.82) is 0 Å². The molecule has 1 aromatic heterocycles. The van der Waals surface area contributed by atoms with E-state index >= 15 is 0 Å². The molecule has 1 saturated carbocycles. The zero-order valence-electron chi connectivity index (χ0n) is 14.7. The molecule has 1 N–H and O–H groups in total. The van der Waals surface area contributed by atoms with Crippen molar-refractivity contribution in [3.05, 3.63) is 48.7 Å². The maximum absolute atomic E-state index is 12.9. The van der Waals surface area contributed by atoms with Gasteiger partial charge in [-0.05, 0) is 56.9 Å². The van der Waals surface area contributed by atoms with Crippen LogP contribution in [-0.2, 0) is 10.0 Å². The molecule has 0 bridgehead atoms. The Hall–Kier alpha value is -2.08. The average Bonchev–Trinajstić information content (AvgIpc) is 2.55. The number of nitrogens with zero attached hydrogens (tertiary/aromatic N) is 2. The highest BCUT2D eigenvalue weighted by Crippen LogP contribution is 2.31. The SMILES string of the molecule is CCN(c1ccccc1)S(=O)(=O)c1ccc(NC(C)C2CCC2)nc1. The van der Waals surface area contributed by atoms with Crippen LogP contribution in [0.5, 0.6) is 0 Å². The van der Waals surface area contributed by atoms with E-state index in [1.54, 1.807) is 24.3 Å². The van der Waals surface area contributed by atoms with Crippen molar-refractivity contribution < 1.29 is 8.42 Å². The number of anilines is 2. The first kappa shape index (κ1) is 17.7. The number of sulfonamides is 1. The number of hydrogen-bond acceptors (Lipinski definition) is 4. The van der Waals surface area contributed by atoms with Crippen LogP contribution < -0.4 is 9.62 Å². The lowest BCUT2D eigenvalue weighted by Gasteiger charge is -2.32. The monoisotopic (exact) mass is 359 g/mol. The topological polar surface area (TPSA) is 62.3 Å². The van der Waals surface area contributed by atoms with Gasteiger partial charge in [-0.25, -0.2) is 13.4 Å². The van der Waals surface area contributed by atoms with Gasteiger partial charge in [-0.15, -0.1) is 0 Å². The minimum atomic E-state index is -3.62. The van der Waals surface area contributed by atoms with Crippen molar-refractivity contribution >= 4 is 21.5 Å². The largest absolute Gasteiger partial charge is 0.367 e. The second-order valence-corrected chi connectivity index (χ2v) is 8.37. The normalized spacial score (nSPS) is 16.1. The fraction of sp³-hybridized carbons (Fsp3) is 0.421. The first-order valence-electron chi connectivity index (χ1n) is 8.82. The highest BCUT2D eigenvalue weighted by Gasteiger charge is 2.25. The molecular weight excluding hydrogens is 334 g/mol. The number of benzene rings is 1. The Morgan fingerprint density at radius 3 is 2.44 bits per heavy atom. The number of hydrogen-bond donors (Lipinski definition) is 1. The summed E-state index contributed by atoms with van der Waals surface area (Å²) in [6.07, 6.45) is 5.25. The molecule has 1 atom stereocenters. The highest BCUT2D eigenvalue weighted by molar-refractivity contribution is 7.92. The van der Waals surface area contributed by atoms with Crippen molar-refractivity contribution in [2.24, 2.45) is 5.92 Å². The van der Waals surface area contributed by atoms with E-state index in [0.717, 1.165) is 5.82 Å². The van der Waals surface area contributed by atoms with E-state index in [9.17, 15) is 8.42 Å². The van der Waals surface area contributed by atoms with Crippen molar-refractivity contribution in [3.8, 4) is 0 Å². The van der Waals surface area contributed by atoms with Gasteiger partial charge in [0.05, 0.1) is 5.69 Å². The molecule has 3 rings (SSSR count). The first-order chi connectivity index (χ1) is 12.0. The highest BCUT2D eigenvalue weighted by atomic mass is 32.2. The van der Waals surface area contributed by atoms with Crippen LogP contribution in [0.15, 0.2) is 53.6 Å². The average molecular weight is 359 g/mol. The summed E-state index contributed by atoms with van der Waals surface area (Å²) in [6, 6.07) is 12.9. The number of aromatic nitrogens is 1. The van der Waals surface area contributed by atoms with Gasteiger partial charge in [0, 0.05) is 18.8 Å². The predicted molar refractivity (Wildman–Crippen MR) is 101 cm³/mol. The molecule has 134 valence electrons. The smallest absolute Gasteiger partial charge is 0.265 e. The van der Waals surface area contributed by atoms with Gasteiger partial charge in [0.2, 0.25) is 0 Å². The molecule has 5 nitrogen and oxygen atoms in total. The van der Waals surface area contributed by atoms with Crippen LogP contribution in [0.25, 0.3) is 0 Å². The summed E-state index contributed by atoms with van der Waals surface area (Å²) < 4.78 is 27.3. The van der Waals surface area contributed by atoms with Crippen LogP contribution in [0, 0.1) is 5.92 Å². The van der Waals surface area contributed by atoms with Crippen LogP contribution in [0.4, 0.5) is 11.5 Å². The Bertz CT molecular complexity index is 787. The van der Waals surface area contributed by atoms with E-state index in [2.05, 4.69) is 17.2 Å². The van der Waals surface area contributed by atoms with E-state index < -0.39 is 10.0 Å². The van der Waals surface area contributed by atoms with Crippen molar-refractivity contribution in [1.82, 2.24) is 4.98 Å². The standard InChI is InChI=1S/C19H25N3O2S/c1-3-22(17-10-5-4-6-11-17)25(23,24)18-12-13-19(20-14-18)21-15(2)16-8-7-9-16/h4-6,10-16H,3,7-9H2,1-2H3,(H,20,21). The second-order valence-electron chi connectivity index (χ2n) is 6.51. The maximum Gasteiger partial charge on any atom is 0.265 e. The predicted octanol–water partition coefficient (Wildman–Crippen LogP) is 3.90. The second kappa shape index (κ2) is 7.44. The van der Waals surface area contributed by atoms with Gasteiger partial charge in [0.1, 0.15) is 10.7 Å². The number of nitrogens with one attached hydrogen (secondary N) is 1. The Morgan fingerprint density at radius 2 is 1.92 bits per heavy atom. The Morgan fingerprint density at radius 1 is 1.20 bits per heavy atom. The van der Waals surface area contributed by atoms with Crippen LogP contribution in [-0.4, -0.2) is 26.0 Å². The molecule has 0 aliphatic heterocycles. The van der Waals surface area contributed by atoms with Crippen molar-refractivity contribution in [3.63, 3.8) is 0 Å². The summed E-state index contributed by atoms with van der Waals surface area (Å²) >= 11 is 0. The minimum Gasteiger partial charge on any atom is -0.367 e. The molecule has 1 aliphatic carbocycles. The van der Waals surface area contributed by atoms with E-state index in [-0.39, 0.29) is 4.90 Å². The zero-order valence-corrected chi connectivity index (χ0v) is 15.5. The quantitative estimate of drug-likeness (QED) is 0.814. The van der Waals surface area contributed by atoms with Crippen molar-refractivity contribution in [2.45, 2.75) is 44.0 Å². The molecule has 0 amide bonds. The lowest BCUT2D eigenvalue weighted by atomic mass is 9.80. The third kappa shape index (κ3) is 3.79. The fourth-order valence-corrected chi connectivity index (χ4v) is 4.54. The lowest BCUT2D eigenvalue weighted by molar-refractivity contribution is 0.285. The molecule has 1 heterocycles. The van der Waals surface area contributed by atoms with Gasteiger partial charge >= 0.3 is 0 Å². The molecule has 6 heteroatoms. The van der Waals surface area contributed by atoms with Gasteiger partial charge in [-0.1, -0.05) is 24.6 Å². The lowest BCUT2D eigenvalue weighted by Crippen LogP contribution is -2.32. The van der Waals surface area contributed by atoms with Crippen LogP contribution >= 0.6 is 0 Å². The van der Waals surface area contributed by atoms with E-state index in [0.29, 0.717) is 24.2 Å². The molecule has 0 radical (unpaired) electrons. The molecular formula is C19H25N3O2S. The minimum absolute atomic E-state index is 0.208. The molecule has 0 saturated heterocycles. The molecule has 2 aromatic rings. The van der Waals surface area contributed by atoms with Gasteiger partial charge in [-0.3, -0.25) is 4.31 Å². The third-order valence-electron chi connectivity index (χ3n) is 4.89. The molecule has 1 fully saturated rings. The van der Waals surface area contributed by atoms with Gasteiger partial charge in [-0.2, -0.15) is 0 Å². The maximum atomic E-state index is 12.9. The zero-order chi connectivity index (χ0) is 17.9. The fourth-order valence-electron chi connectivity index (χ4n) is 3.12. The van der Waals surface area contributed by atoms with E-state index in [4.69, 9.17) is 0 Å². The van der Waals surface area contributed by atoms with Crippen LogP contribution in [0.2, 0.25) is 0 Å². The Kier molecular flexibility index (Phi) is 5.27. The third-order valence-corrected chi connectivity index (χ3v) is 6.77. The molecule has 1 aliphatic rings. The molecule has 1 aromatic carbocycles. The van der Waals surface area contributed by atoms with E-state index in [1.807, 2.05) is 25.1 Å². The molecule has 0 spiro atoms. The summed E-state index contributed by atoms with van der Waals surface area (Å²) in [7, 11) is -3.62. The summed E-state index contributed by atoms with van der Waals surface area (Å²) in [5, 5.41) is 3.38. The number of rotatable bonds is 7. The molecule has 1 unspecified atom stereocenters. The molecule has 25 heavy (non-hydrogen) atoms. The summed E-state index contributed by atoms with van der Waals surface area (Å²) in [5.74, 6) is 1.42. The summed E-state index contributed by atoms with van der Waals surface area (Å²) in [4.78, 5) is 4.53.